The first-order chi connectivity index (χ1) is 5.95. The van der Waals surface area contributed by atoms with Gasteiger partial charge in [-0.1, -0.05) is 5.16 Å². The van der Waals surface area contributed by atoms with E-state index >= 15 is 0 Å². The van der Waals surface area contributed by atoms with Crippen molar-refractivity contribution in [3.8, 4) is 0 Å². The highest BCUT2D eigenvalue weighted by Crippen LogP contribution is 2.25. The summed E-state index contributed by atoms with van der Waals surface area (Å²) < 4.78 is 36.8. The molecule has 0 aromatic carbocycles. The highest BCUT2D eigenvalue weighted by molar-refractivity contribution is 5.73. The third-order valence-corrected chi connectivity index (χ3v) is 1.22. The lowest BCUT2D eigenvalue weighted by Gasteiger charge is -1.97. The molecule has 0 fully saturated rings. The van der Waals surface area contributed by atoms with E-state index in [1.54, 1.807) is 0 Å². The molecule has 1 N–H and O–H groups in total. The van der Waals surface area contributed by atoms with Gasteiger partial charge in [-0.15, -0.1) is 5.10 Å². The lowest BCUT2D eigenvalue weighted by atomic mass is 10.6. The number of aromatic nitrogens is 3. The van der Waals surface area contributed by atoms with E-state index in [2.05, 4.69) is 15.2 Å². The molecule has 1 rings (SSSR count). The molecule has 0 amide bonds. The Morgan fingerprint density at radius 1 is 1.54 bits per heavy atom. The summed E-state index contributed by atoms with van der Waals surface area (Å²) in [7, 11) is 1.26. The average molecular weight is 194 g/mol. The van der Waals surface area contributed by atoms with Crippen molar-refractivity contribution in [2.45, 2.75) is 6.18 Å². The van der Waals surface area contributed by atoms with Crippen molar-refractivity contribution in [3.63, 3.8) is 0 Å². The quantitative estimate of drug-likeness (QED) is 0.405. The molecule has 1 aromatic rings. The molecule has 0 radical (unpaired) electrons. The van der Waals surface area contributed by atoms with E-state index in [4.69, 9.17) is 5.21 Å². The highest BCUT2D eigenvalue weighted by atomic mass is 19.4. The predicted molar refractivity (Wildman–Crippen MR) is 35.4 cm³/mol. The zero-order valence-electron chi connectivity index (χ0n) is 6.45. The zero-order valence-corrected chi connectivity index (χ0v) is 6.45. The molecule has 0 aliphatic rings. The monoisotopic (exact) mass is 194 g/mol. The van der Waals surface area contributed by atoms with E-state index in [1.807, 2.05) is 0 Å². The maximum absolute atomic E-state index is 12.0. The zero-order chi connectivity index (χ0) is 10.1. The molecule has 0 saturated carbocycles. The van der Waals surface area contributed by atoms with Crippen LogP contribution in [0.15, 0.2) is 5.16 Å². The van der Waals surface area contributed by atoms with Crippen LogP contribution in [0.4, 0.5) is 13.2 Å². The molecular formula is C5H5F3N4O. The summed E-state index contributed by atoms with van der Waals surface area (Å²) in [5, 5.41) is 13.7. The Morgan fingerprint density at radius 3 is 2.54 bits per heavy atom. The molecule has 0 bridgehead atoms. The fraction of sp³-hybridized carbons (Fsp3) is 0.400. The molecule has 0 spiro atoms. The number of oxime groups is 1. The van der Waals surface area contributed by atoms with E-state index in [-0.39, 0.29) is 5.82 Å². The number of hydrogen-bond acceptors (Lipinski definition) is 4. The van der Waals surface area contributed by atoms with Gasteiger partial charge in [0, 0.05) is 7.05 Å². The lowest BCUT2D eigenvalue weighted by Crippen LogP contribution is -2.08. The van der Waals surface area contributed by atoms with Gasteiger partial charge in [0.1, 0.15) is 6.21 Å². The highest BCUT2D eigenvalue weighted by Gasteiger charge is 2.36. The molecule has 5 nitrogen and oxygen atoms in total. The number of hydrogen-bond donors (Lipinski definition) is 1. The number of nitrogens with zero attached hydrogens (tertiary/aromatic N) is 4. The number of rotatable bonds is 1. The first kappa shape index (κ1) is 9.49. The Hall–Kier alpha value is -1.60. The van der Waals surface area contributed by atoms with Crippen molar-refractivity contribution in [3.05, 3.63) is 11.6 Å². The Balaban J connectivity index is 3.09. The molecule has 0 aliphatic carbocycles. The van der Waals surface area contributed by atoms with Gasteiger partial charge in [0.2, 0.25) is 0 Å². The van der Waals surface area contributed by atoms with E-state index in [0.29, 0.717) is 0 Å². The molecule has 0 saturated heterocycles. The summed E-state index contributed by atoms with van der Waals surface area (Å²) in [5.74, 6) is -1.43. The van der Waals surface area contributed by atoms with Gasteiger partial charge in [0.15, 0.2) is 5.82 Å². The number of halogens is 3. The fourth-order valence-corrected chi connectivity index (χ4v) is 0.681. The summed E-state index contributed by atoms with van der Waals surface area (Å²) in [5.41, 5.74) is 0. The smallest absolute Gasteiger partial charge is 0.411 e. The van der Waals surface area contributed by atoms with Crippen LogP contribution in [-0.2, 0) is 13.2 Å². The Kier molecular flexibility index (Phi) is 2.22. The first-order valence-corrected chi connectivity index (χ1v) is 3.11. The van der Waals surface area contributed by atoms with Gasteiger partial charge in [0.05, 0.1) is 0 Å². The molecule has 72 valence electrons. The molecule has 1 heterocycles. The molecule has 0 atom stereocenters. The second kappa shape index (κ2) is 3.04. The van der Waals surface area contributed by atoms with Crippen molar-refractivity contribution < 1.29 is 18.4 Å². The van der Waals surface area contributed by atoms with Gasteiger partial charge in [-0.25, -0.2) is 9.67 Å². The van der Waals surface area contributed by atoms with Crippen molar-refractivity contribution in [2.24, 2.45) is 12.2 Å². The topological polar surface area (TPSA) is 63.3 Å². The van der Waals surface area contributed by atoms with Gasteiger partial charge in [-0.05, 0) is 0 Å². The predicted octanol–water partition coefficient (Wildman–Crippen LogP) is 0.642. The Morgan fingerprint density at radius 2 is 2.15 bits per heavy atom. The van der Waals surface area contributed by atoms with E-state index in [1.165, 1.54) is 7.05 Å². The van der Waals surface area contributed by atoms with Gasteiger partial charge in [0.25, 0.3) is 5.82 Å². The second-order valence-electron chi connectivity index (χ2n) is 2.16. The normalized spacial score (nSPS) is 12.6. The summed E-state index contributed by atoms with van der Waals surface area (Å²) in [6.45, 7) is 0. The van der Waals surface area contributed by atoms with Crippen molar-refractivity contribution >= 4 is 6.21 Å². The van der Waals surface area contributed by atoms with E-state index in [0.717, 1.165) is 10.9 Å². The summed E-state index contributed by atoms with van der Waals surface area (Å²) in [6, 6.07) is 0. The lowest BCUT2D eigenvalue weighted by molar-refractivity contribution is -0.144. The van der Waals surface area contributed by atoms with Crippen LogP contribution < -0.4 is 0 Å². The fourth-order valence-electron chi connectivity index (χ4n) is 0.681. The third-order valence-electron chi connectivity index (χ3n) is 1.22. The molecule has 13 heavy (non-hydrogen) atoms. The van der Waals surface area contributed by atoms with E-state index < -0.39 is 12.0 Å². The maximum atomic E-state index is 12.0. The van der Waals surface area contributed by atoms with Crippen molar-refractivity contribution in [1.29, 1.82) is 0 Å². The third kappa shape index (κ3) is 1.95. The van der Waals surface area contributed by atoms with Crippen LogP contribution >= 0.6 is 0 Å². The first-order valence-electron chi connectivity index (χ1n) is 3.11. The van der Waals surface area contributed by atoms with Crippen LogP contribution in [0.25, 0.3) is 0 Å². The Bertz CT molecular complexity index is 329. The Labute approximate surface area is 70.5 Å². The molecule has 1 aromatic heterocycles. The standard InChI is InChI=1S/C5H5F3N4O/c1-12-3(2-9-13)10-4(11-12)5(6,7)8/h2,13H,1H3. The van der Waals surface area contributed by atoms with Crippen LogP contribution in [0.3, 0.4) is 0 Å². The van der Waals surface area contributed by atoms with Gasteiger partial charge >= 0.3 is 6.18 Å². The van der Waals surface area contributed by atoms with Crippen LogP contribution in [0, 0.1) is 0 Å². The molecule has 8 heteroatoms. The largest absolute Gasteiger partial charge is 0.453 e. The van der Waals surface area contributed by atoms with Crippen LogP contribution in [-0.4, -0.2) is 26.2 Å². The van der Waals surface area contributed by atoms with Crippen LogP contribution in [0.5, 0.6) is 0 Å². The minimum atomic E-state index is -4.58. The summed E-state index contributed by atoms with van der Waals surface area (Å²) in [4.78, 5) is 3.09. The van der Waals surface area contributed by atoms with Gasteiger partial charge in [-0.3, -0.25) is 0 Å². The SMILES string of the molecule is Cn1nc(C(F)(F)F)nc1C=NO. The minimum absolute atomic E-state index is 0.171. The maximum Gasteiger partial charge on any atom is 0.453 e. The second-order valence-corrected chi connectivity index (χ2v) is 2.16. The summed E-state index contributed by atoms with van der Waals surface area (Å²) in [6.07, 6.45) is -3.82. The average Bonchev–Trinajstić information content (AvgIpc) is 2.32. The molecule has 0 unspecified atom stereocenters. The minimum Gasteiger partial charge on any atom is -0.411 e. The van der Waals surface area contributed by atoms with Crippen LogP contribution in [0.2, 0.25) is 0 Å². The molecule has 0 aliphatic heterocycles. The number of aryl methyl sites for hydroxylation is 1. The van der Waals surface area contributed by atoms with Gasteiger partial charge in [-0.2, -0.15) is 13.2 Å². The summed E-state index contributed by atoms with van der Waals surface area (Å²) >= 11 is 0. The van der Waals surface area contributed by atoms with E-state index in [9.17, 15) is 13.2 Å². The van der Waals surface area contributed by atoms with Crippen LogP contribution in [0.1, 0.15) is 11.6 Å². The van der Waals surface area contributed by atoms with Crippen molar-refractivity contribution in [1.82, 2.24) is 14.8 Å². The van der Waals surface area contributed by atoms with Gasteiger partial charge < -0.3 is 5.21 Å². The van der Waals surface area contributed by atoms with Crippen molar-refractivity contribution in [2.75, 3.05) is 0 Å². The number of alkyl halides is 3. The molecular weight excluding hydrogens is 189 g/mol.